The topological polar surface area (TPSA) is 109 Å². The summed E-state index contributed by atoms with van der Waals surface area (Å²) in [5.41, 5.74) is 1.46. The van der Waals surface area contributed by atoms with Crippen molar-refractivity contribution >= 4 is 11.6 Å². The van der Waals surface area contributed by atoms with E-state index in [0.717, 1.165) is 0 Å². The number of fused-ring (bicyclic) bond motifs is 2. The molecule has 3 aliphatic rings. The van der Waals surface area contributed by atoms with Crippen LogP contribution in [0.4, 0.5) is 13.2 Å². The minimum atomic E-state index is -4.79. The molecule has 5 rings (SSSR count). The molecule has 2 bridgehead atoms. The molecule has 3 saturated heterocycles. The van der Waals surface area contributed by atoms with Crippen LogP contribution in [0.3, 0.4) is 0 Å². The molecule has 0 amide bonds. The van der Waals surface area contributed by atoms with Crippen LogP contribution in [0.15, 0.2) is 42.5 Å². The summed E-state index contributed by atoms with van der Waals surface area (Å²) in [5, 5.41) is 40.5. The number of ether oxygens (including phenoxy) is 3. The van der Waals surface area contributed by atoms with Gasteiger partial charge in [-0.05, 0) is 41.8 Å². The molecule has 3 aliphatic heterocycles. The molecule has 11 heteroatoms. The van der Waals surface area contributed by atoms with Crippen LogP contribution in [-0.4, -0.2) is 57.5 Å². The normalized spacial score (nSPS) is 32.5. The first-order chi connectivity index (χ1) is 14.5. The highest BCUT2D eigenvalue weighted by Gasteiger charge is 2.73. The summed E-state index contributed by atoms with van der Waals surface area (Å²) in [6.07, 6.45) is -9.50. The van der Waals surface area contributed by atoms with E-state index in [4.69, 9.17) is 21.1 Å². The SMILES string of the molecule is OCC12OC(c3ccc(Cl)c(Cc4ccc(OC(F)(F)F)cc4)c3)(O1)[C@H](O)C(O)[C@@H]2O. The van der Waals surface area contributed by atoms with E-state index in [2.05, 4.69) is 4.74 Å². The zero-order valence-corrected chi connectivity index (χ0v) is 16.5. The van der Waals surface area contributed by atoms with E-state index in [-0.39, 0.29) is 17.7 Å². The molecule has 2 aromatic rings. The Hall–Kier alpha value is -1.92. The summed E-state index contributed by atoms with van der Waals surface area (Å²) in [5.74, 6) is -4.03. The van der Waals surface area contributed by atoms with Crippen LogP contribution in [0.25, 0.3) is 0 Å². The monoisotopic (exact) mass is 462 g/mol. The van der Waals surface area contributed by atoms with Gasteiger partial charge in [0.15, 0.2) is 0 Å². The van der Waals surface area contributed by atoms with Gasteiger partial charge in [0, 0.05) is 10.6 Å². The van der Waals surface area contributed by atoms with Gasteiger partial charge in [-0.1, -0.05) is 29.8 Å². The minimum absolute atomic E-state index is 0.224. The highest BCUT2D eigenvalue weighted by atomic mass is 35.5. The van der Waals surface area contributed by atoms with Crippen LogP contribution >= 0.6 is 11.6 Å². The summed E-state index contributed by atoms with van der Waals surface area (Å²) in [7, 11) is 0. The lowest BCUT2D eigenvalue weighted by Crippen LogP contribution is -2.81. The van der Waals surface area contributed by atoms with Crippen molar-refractivity contribution in [3.8, 4) is 5.75 Å². The van der Waals surface area contributed by atoms with Gasteiger partial charge < -0.3 is 34.6 Å². The van der Waals surface area contributed by atoms with Crippen molar-refractivity contribution in [2.24, 2.45) is 0 Å². The number of aliphatic hydroxyl groups is 4. The highest BCUT2D eigenvalue weighted by Crippen LogP contribution is 2.55. The van der Waals surface area contributed by atoms with E-state index >= 15 is 0 Å². The van der Waals surface area contributed by atoms with E-state index < -0.39 is 42.9 Å². The first-order valence-corrected chi connectivity index (χ1v) is 9.56. The second kappa shape index (κ2) is 7.59. The van der Waals surface area contributed by atoms with Gasteiger partial charge >= 0.3 is 6.36 Å². The third-order valence-electron chi connectivity index (χ3n) is 5.36. The smallest absolute Gasteiger partial charge is 0.406 e. The van der Waals surface area contributed by atoms with Crippen LogP contribution in [-0.2, 0) is 21.7 Å². The number of hydrogen-bond acceptors (Lipinski definition) is 7. The Morgan fingerprint density at radius 3 is 2.23 bits per heavy atom. The van der Waals surface area contributed by atoms with Gasteiger partial charge in [-0.15, -0.1) is 13.2 Å². The molecule has 3 atom stereocenters. The quantitative estimate of drug-likeness (QED) is 0.536. The van der Waals surface area contributed by atoms with Gasteiger partial charge in [0.1, 0.15) is 30.7 Å². The molecule has 3 heterocycles. The number of rotatable bonds is 5. The van der Waals surface area contributed by atoms with Gasteiger partial charge in [0.2, 0.25) is 11.6 Å². The fourth-order valence-corrected chi connectivity index (χ4v) is 4.01. The first kappa shape index (κ1) is 22.3. The number of alkyl halides is 3. The fourth-order valence-electron chi connectivity index (χ4n) is 3.82. The van der Waals surface area contributed by atoms with Crippen LogP contribution in [0.5, 0.6) is 5.75 Å². The first-order valence-electron chi connectivity index (χ1n) is 9.19. The number of halogens is 4. The van der Waals surface area contributed by atoms with Crippen LogP contribution in [0, 0.1) is 0 Å². The van der Waals surface area contributed by atoms with Gasteiger partial charge in [-0.3, -0.25) is 0 Å². The Balaban J connectivity index is 1.59. The lowest BCUT2D eigenvalue weighted by molar-refractivity contribution is -0.591. The summed E-state index contributed by atoms with van der Waals surface area (Å²) in [6, 6.07) is 9.82. The third kappa shape index (κ3) is 3.78. The maximum atomic E-state index is 12.3. The van der Waals surface area contributed by atoms with E-state index in [9.17, 15) is 33.6 Å². The number of aliphatic hydroxyl groups excluding tert-OH is 4. The van der Waals surface area contributed by atoms with E-state index in [1.807, 2.05) is 0 Å². The molecule has 1 unspecified atom stereocenters. The largest absolute Gasteiger partial charge is 0.573 e. The van der Waals surface area contributed by atoms with Gasteiger partial charge in [0.05, 0.1) is 0 Å². The van der Waals surface area contributed by atoms with Crippen molar-refractivity contribution in [1.82, 2.24) is 0 Å². The zero-order valence-electron chi connectivity index (χ0n) is 15.7. The molecule has 0 radical (unpaired) electrons. The highest BCUT2D eigenvalue weighted by molar-refractivity contribution is 6.31. The Labute approximate surface area is 179 Å². The molecule has 0 aromatic heterocycles. The van der Waals surface area contributed by atoms with Crippen molar-refractivity contribution in [3.63, 3.8) is 0 Å². The summed E-state index contributed by atoms with van der Waals surface area (Å²) < 4.78 is 51.9. The standard InChI is InChI=1S/C20H18ClF3O7/c21-14-6-3-12(19-17(28)15(26)16(27)18(9-25,30-19)31-19)8-11(14)7-10-1-4-13(5-2-10)29-20(22,23)24/h1-6,8,15-17,25-28H,7,9H2/t15?,16-,17+,18?,19?/m0/s1. The minimum Gasteiger partial charge on any atom is -0.406 e. The Morgan fingerprint density at radius 2 is 1.65 bits per heavy atom. The maximum Gasteiger partial charge on any atom is 0.573 e. The molecule has 7 nitrogen and oxygen atoms in total. The second-order valence-electron chi connectivity index (χ2n) is 7.40. The molecule has 31 heavy (non-hydrogen) atoms. The molecule has 168 valence electrons. The van der Waals surface area contributed by atoms with E-state index in [0.29, 0.717) is 16.1 Å². The van der Waals surface area contributed by atoms with Crippen molar-refractivity contribution in [3.05, 3.63) is 64.2 Å². The molecular weight excluding hydrogens is 445 g/mol. The predicted molar refractivity (Wildman–Crippen MR) is 99.1 cm³/mol. The van der Waals surface area contributed by atoms with Crippen LogP contribution in [0.1, 0.15) is 16.7 Å². The van der Waals surface area contributed by atoms with E-state index in [1.54, 1.807) is 6.07 Å². The number of hydrogen-bond donors (Lipinski definition) is 4. The van der Waals surface area contributed by atoms with Gasteiger partial charge in [0.25, 0.3) is 0 Å². The number of benzene rings is 2. The van der Waals surface area contributed by atoms with Crippen molar-refractivity contribution in [2.75, 3.05) is 6.61 Å². The predicted octanol–water partition coefficient (Wildman–Crippen LogP) is 1.81. The zero-order chi connectivity index (χ0) is 22.6. The molecule has 0 aliphatic carbocycles. The Bertz CT molecular complexity index is 960. The van der Waals surface area contributed by atoms with Crippen molar-refractivity contribution in [1.29, 1.82) is 0 Å². The Morgan fingerprint density at radius 1 is 1.00 bits per heavy atom. The lowest BCUT2D eigenvalue weighted by Gasteiger charge is -2.63. The van der Waals surface area contributed by atoms with Crippen molar-refractivity contribution < 1.29 is 47.8 Å². The average molecular weight is 463 g/mol. The molecule has 2 aromatic carbocycles. The summed E-state index contributed by atoms with van der Waals surface area (Å²) >= 11 is 6.26. The Kier molecular flexibility index (Phi) is 5.46. The summed E-state index contributed by atoms with van der Waals surface area (Å²) in [4.78, 5) is 0. The fraction of sp³-hybridized carbons (Fsp3) is 0.400. The molecule has 0 saturated carbocycles. The van der Waals surface area contributed by atoms with E-state index in [1.165, 1.54) is 36.4 Å². The van der Waals surface area contributed by atoms with Crippen LogP contribution < -0.4 is 4.74 Å². The third-order valence-corrected chi connectivity index (χ3v) is 5.72. The molecule has 0 spiro atoms. The lowest BCUT2D eigenvalue weighted by atomic mass is 9.81. The van der Waals surface area contributed by atoms with Crippen molar-refractivity contribution in [2.45, 2.75) is 42.7 Å². The van der Waals surface area contributed by atoms with Gasteiger partial charge in [-0.25, -0.2) is 0 Å². The second-order valence-corrected chi connectivity index (χ2v) is 7.80. The van der Waals surface area contributed by atoms with Gasteiger partial charge in [-0.2, -0.15) is 0 Å². The average Bonchev–Trinajstić information content (AvgIpc) is 2.68. The summed E-state index contributed by atoms with van der Waals surface area (Å²) in [6.45, 7) is -0.744. The van der Waals surface area contributed by atoms with Crippen LogP contribution in [0.2, 0.25) is 5.02 Å². The molecular formula is C20H18ClF3O7. The molecule has 3 fully saturated rings. The maximum absolute atomic E-state index is 12.3. The molecule has 4 N–H and O–H groups in total.